The van der Waals surface area contributed by atoms with E-state index in [1.54, 1.807) is 0 Å². The Balaban J connectivity index is 2.30. The van der Waals surface area contributed by atoms with Crippen molar-refractivity contribution in [1.29, 1.82) is 0 Å². The molecule has 102 valence electrons. The van der Waals surface area contributed by atoms with Crippen LogP contribution in [0.2, 0.25) is 0 Å². The lowest BCUT2D eigenvalue weighted by molar-refractivity contribution is -0.0684. The fourth-order valence-corrected chi connectivity index (χ4v) is 3.98. The smallest absolute Gasteiger partial charge is 0.0872 e. The lowest BCUT2D eigenvalue weighted by Crippen LogP contribution is -2.47. The molecule has 0 saturated heterocycles. The molecule has 0 spiro atoms. The van der Waals surface area contributed by atoms with E-state index in [2.05, 4.69) is 30.6 Å². The van der Waals surface area contributed by atoms with Crippen molar-refractivity contribution in [3.05, 3.63) is 21.9 Å². The predicted octanol–water partition coefficient (Wildman–Crippen LogP) is 4.06. The van der Waals surface area contributed by atoms with Gasteiger partial charge in [0, 0.05) is 12.0 Å². The maximum Gasteiger partial charge on any atom is 0.0872 e. The van der Waals surface area contributed by atoms with E-state index in [1.807, 2.05) is 18.4 Å². The van der Waals surface area contributed by atoms with Crippen molar-refractivity contribution in [2.24, 2.45) is 0 Å². The van der Waals surface area contributed by atoms with Crippen molar-refractivity contribution in [3.63, 3.8) is 0 Å². The van der Waals surface area contributed by atoms with Crippen LogP contribution in [-0.4, -0.2) is 19.3 Å². The number of thiophene rings is 1. The highest BCUT2D eigenvalue weighted by atomic mass is 32.1. The largest absolute Gasteiger partial charge is 0.376 e. The van der Waals surface area contributed by atoms with Crippen molar-refractivity contribution in [2.75, 3.05) is 13.7 Å². The van der Waals surface area contributed by atoms with E-state index in [9.17, 15) is 0 Å². The molecule has 0 aromatic carbocycles. The van der Waals surface area contributed by atoms with Gasteiger partial charge >= 0.3 is 0 Å². The zero-order chi connectivity index (χ0) is 13.0. The van der Waals surface area contributed by atoms with Crippen molar-refractivity contribution in [3.8, 4) is 0 Å². The first-order valence-electron chi connectivity index (χ1n) is 7.06. The summed E-state index contributed by atoms with van der Waals surface area (Å²) in [5.41, 5.74) is 1.44. The number of likely N-dealkylation sites (N-methyl/N-ethyl adjacent to an activating group) is 1. The molecule has 2 rings (SSSR count). The quantitative estimate of drug-likeness (QED) is 0.869. The first kappa shape index (κ1) is 14.0. The Morgan fingerprint density at radius 3 is 2.61 bits per heavy atom. The average molecular weight is 267 g/mol. The van der Waals surface area contributed by atoms with Crippen LogP contribution < -0.4 is 5.32 Å². The van der Waals surface area contributed by atoms with Crippen LogP contribution in [0.1, 0.15) is 55.5 Å². The summed E-state index contributed by atoms with van der Waals surface area (Å²) in [6.45, 7) is 5.39. The Kier molecular flexibility index (Phi) is 4.82. The topological polar surface area (TPSA) is 21.3 Å². The summed E-state index contributed by atoms with van der Waals surface area (Å²) >= 11 is 1.84. The summed E-state index contributed by atoms with van der Waals surface area (Å²) in [4.78, 5) is 1.42. The zero-order valence-corrected chi connectivity index (χ0v) is 12.6. The van der Waals surface area contributed by atoms with Crippen LogP contribution in [0.3, 0.4) is 0 Å². The summed E-state index contributed by atoms with van der Waals surface area (Å²) in [5, 5.41) is 5.86. The second-order valence-corrected chi connectivity index (χ2v) is 6.37. The van der Waals surface area contributed by atoms with Gasteiger partial charge in [0.15, 0.2) is 0 Å². The molecule has 1 fully saturated rings. The van der Waals surface area contributed by atoms with Gasteiger partial charge < -0.3 is 10.1 Å². The lowest BCUT2D eigenvalue weighted by atomic mass is 9.76. The van der Waals surface area contributed by atoms with E-state index in [0.29, 0.717) is 6.04 Å². The summed E-state index contributed by atoms with van der Waals surface area (Å²) in [6.07, 6.45) is 6.29. The van der Waals surface area contributed by atoms with E-state index < -0.39 is 0 Å². The molecule has 18 heavy (non-hydrogen) atoms. The first-order chi connectivity index (χ1) is 8.73. The van der Waals surface area contributed by atoms with Gasteiger partial charge in [0.05, 0.1) is 11.6 Å². The molecule has 1 saturated carbocycles. The molecule has 1 aliphatic carbocycles. The Morgan fingerprint density at radius 1 is 1.39 bits per heavy atom. The summed E-state index contributed by atoms with van der Waals surface area (Å²) < 4.78 is 6.01. The van der Waals surface area contributed by atoms with Crippen molar-refractivity contribution in [1.82, 2.24) is 5.32 Å². The Bertz CT molecular complexity index is 368. The fraction of sp³-hybridized carbons (Fsp3) is 0.733. The van der Waals surface area contributed by atoms with Crippen molar-refractivity contribution >= 4 is 11.3 Å². The molecule has 0 radical (unpaired) electrons. The molecule has 1 aromatic heterocycles. The van der Waals surface area contributed by atoms with Gasteiger partial charge in [0.1, 0.15) is 0 Å². The van der Waals surface area contributed by atoms with Gasteiger partial charge in [-0.05, 0) is 43.3 Å². The normalized spacial score (nSPS) is 20.8. The predicted molar refractivity (Wildman–Crippen MR) is 78.3 cm³/mol. The third-order valence-electron chi connectivity index (χ3n) is 4.25. The molecule has 0 aliphatic heterocycles. The first-order valence-corrected chi connectivity index (χ1v) is 7.94. The van der Waals surface area contributed by atoms with E-state index in [0.717, 1.165) is 6.54 Å². The number of aryl methyl sites for hydroxylation is 1. The van der Waals surface area contributed by atoms with Crippen LogP contribution in [0.25, 0.3) is 0 Å². The number of ether oxygens (including phenoxy) is 1. The van der Waals surface area contributed by atoms with Gasteiger partial charge in [-0.15, -0.1) is 11.3 Å². The Labute approximate surface area is 115 Å². The molecular weight excluding hydrogens is 242 g/mol. The molecule has 1 heterocycles. The van der Waals surface area contributed by atoms with Crippen LogP contribution in [0.5, 0.6) is 0 Å². The van der Waals surface area contributed by atoms with Gasteiger partial charge in [-0.25, -0.2) is 0 Å². The number of methoxy groups -OCH3 is 1. The van der Waals surface area contributed by atoms with E-state index in [4.69, 9.17) is 4.74 Å². The molecular formula is C15H25NOS. The maximum absolute atomic E-state index is 6.01. The van der Waals surface area contributed by atoms with Crippen molar-refractivity contribution < 1.29 is 4.74 Å². The number of nitrogens with one attached hydrogen (secondary N) is 1. The van der Waals surface area contributed by atoms with Crippen molar-refractivity contribution in [2.45, 2.75) is 57.6 Å². The van der Waals surface area contributed by atoms with Crippen LogP contribution in [-0.2, 0) is 4.74 Å². The minimum absolute atomic E-state index is 0.0000926. The van der Waals surface area contributed by atoms with E-state index in [-0.39, 0.29) is 5.60 Å². The SMILES string of the molecule is CCNC(c1ccsc1C)C1(OC)CCCCC1. The van der Waals surface area contributed by atoms with Gasteiger partial charge in [0.2, 0.25) is 0 Å². The van der Waals surface area contributed by atoms with E-state index in [1.165, 1.54) is 42.5 Å². The molecule has 1 aliphatic rings. The number of hydrogen-bond donors (Lipinski definition) is 1. The minimum Gasteiger partial charge on any atom is -0.376 e. The third kappa shape index (κ3) is 2.63. The average Bonchev–Trinajstić information content (AvgIpc) is 2.83. The molecule has 1 unspecified atom stereocenters. The maximum atomic E-state index is 6.01. The molecule has 1 N–H and O–H groups in total. The summed E-state index contributed by atoms with van der Waals surface area (Å²) in [7, 11) is 1.89. The third-order valence-corrected chi connectivity index (χ3v) is 5.11. The Morgan fingerprint density at radius 2 is 2.11 bits per heavy atom. The van der Waals surface area contributed by atoms with Gasteiger partial charge in [-0.1, -0.05) is 26.2 Å². The molecule has 0 bridgehead atoms. The molecule has 3 heteroatoms. The van der Waals surface area contributed by atoms with E-state index >= 15 is 0 Å². The summed E-state index contributed by atoms with van der Waals surface area (Å²) in [5.74, 6) is 0. The van der Waals surface area contributed by atoms with Crippen LogP contribution in [0, 0.1) is 6.92 Å². The van der Waals surface area contributed by atoms with Gasteiger partial charge in [-0.3, -0.25) is 0 Å². The second-order valence-electron chi connectivity index (χ2n) is 5.25. The van der Waals surface area contributed by atoms with Crippen LogP contribution in [0.4, 0.5) is 0 Å². The lowest BCUT2D eigenvalue weighted by Gasteiger charge is -2.43. The molecule has 0 amide bonds. The van der Waals surface area contributed by atoms with Gasteiger partial charge in [-0.2, -0.15) is 0 Å². The highest BCUT2D eigenvalue weighted by molar-refractivity contribution is 7.10. The fourth-order valence-electron chi connectivity index (χ4n) is 3.24. The highest BCUT2D eigenvalue weighted by Crippen LogP contribution is 2.42. The van der Waals surface area contributed by atoms with Crippen LogP contribution in [0.15, 0.2) is 11.4 Å². The zero-order valence-electron chi connectivity index (χ0n) is 11.8. The van der Waals surface area contributed by atoms with Gasteiger partial charge in [0.25, 0.3) is 0 Å². The number of rotatable bonds is 5. The Hall–Kier alpha value is -0.380. The monoisotopic (exact) mass is 267 g/mol. The standard InChI is InChI=1S/C15H25NOS/c1-4-16-14(13-8-11-18-12(13)2)15(17-3)9-6-5-7-10-15/h8,11,14,16H,4-7,9-10H2,1-3H3. The minimum atomic E-state index is 0.0000926. The molecule has 2 nitrogen and oxygen atoms in total. The number of hydrogen-bond acceptors (Lipinski definition) is 3. The summed E-state index contributed by atoms with van der Waals surface area (Å²) in [6, 6.07) is 2.61. The molecule has 1 aromatic rings. The molecule has 1 atom stereocenters. The van der Waals surface area contributed by atoms with Crippen LogP contribution >= 0.6 is 11.3 Å². The highest BCUT2D eigenvalue weighted by Gasteiger charge is 2.41. The second kappa shape index (κ2) is 6.18.